The lowest BCUT2D eigenvalue weighted by Gasteiger charge is -2.22. The van der Waals surface area contributed by atoms with Gasteiger partial charge in [0.25, 0.3) is 5.91 Å². The van der Waals surface area contributed by atoms with Crippen LogP contribution < -0.4 is 10.6 Å². The first kappa shape index (κ1) is 24.5. The second-order valence-electron chi connectivity index (χ2n) is 8.57. The summed E-state index contributed by atoms with van der Waals surface area (Å²) in [5, 5.41) is 15.3. The van der Waals surface area contributed by atoms with Crippen molar-refractivity contribution in [2.45, 2.75) is 45.8 Å². The first-order valence-corrected chi connectivity index (χ1v) is 11.9. The van der Waals surface area contributed by atoms with Crippen molar-refractivity contribution in [3.05, 3.63) is 70.5 Å². The van der Waals surface area contributed by atoms with Gasteiger partial charge in [-0.05, 0) is 49.9 Å². The number of nitrogens with zero attached hydrogens (tertiary/aromatic N) is 3. The molecule has 0 saturated heterocycles. The molecular formula is C25H31N5O2S. The lowest BCUT2D eigenvalue weighted by atomic mass is 10.0. The van der Waals surface area contributed by atoms with Crippen LogP contribution in [0.5, 0.6) is 0 Å². The number of thioether (sulfide) groups is 1. The molecule has 0 unspecified atom stereocenters. The fraction of sp³-hybridized carbons (Fsp3) is 0.360. The fourth-order valence-electron chi connectivity index (χ4n) is 3.58. The molecule has 8 heteroatoms. The van der Waals surface area contributed by atoms with Crippen molar-refractivity contribution in [3.8, 4) is 0 Å². The largest absolute Gasteiger partial charge is 0.342 e. The molecular weight excluding hydrogens is 434 g/mol. The third-order valence-electron chi connectivity index (χ3n) is 5.46. The predicted molar refractivity (Wildman–Crippen MR) is 132 cm³/mol. The smallest absolute Gasteiger partial charge is 0.251 e. The van der Waals surface area contributed by atoms with Gasteiger partial charge >= 0.3 is 0 Å². The number of rotatable bonds is 8. The number of anilines is 1. The molecule has 0 radical (unpaired) electrons. The average molecular weight is 466 g/mol. The Bertz CT molecular complexity index is 1140. The Kier molecular flexibility index (Phi) is 7.92. The van der Waals surface area contributed by atoms with E-state index in [1.165, 1.54) is 11.8 Å². The topological polar surface area (TPSA) is 88.9 Å². The first-order valence-electron chi connectivity index (χ1n) is 10.9. The van der Waals surface area contributed by atoms with Crippen LogP contribution in [-0.2, 0) is 11.8 Å². The maximum Gasteiger partial charge on any atom is 0.251 e. The Morgan fingerprint density at radius 2 is 1.70 bits per heavy atom. The van der Waals surface area contributed by atoms with Gasteiger partial charge in [-0.25, -0.2) is 0 Å². The second kappa shape index (κ2) is 10.7. The molecule has 7 nitrogen and oxygen atoms in total. The normalized spacial score (nSPS) is 12.0. The molecule has 3 aromatic rings. The number of nitrogens with one attached hydrogen (secondary N) is 2. The molecule has 0 saturated carbocycles. The second-order valence-corrected chi connectivity index (χ2v) is 9.51. The molecule has 2 N–H and O–H groups in total. The highest BCUT2D eigenvalue weighted by atomic mass is 32.2. The van der Waals surface area contributed by atoms with Gasteiger partial charge in [-0.3, -0.25) is 9.59 Å². The van der Waals surface area contributed by atoms with Crippen LogP contribution in [0, 0.1) is 26.7 Å². The average Bonchev–Trinajstić information content (AvgIpc) is 3.12. The van der Waals surface area contributed by atoms with E-state index >= 15 is 0 Å². The van der Waals surface area contributed by atoms with E-state index in [0.29, 0.717) is 16.5 Å². The summed E-state index contributed by atoms with van der Waals surface area (Å²) in [6.45, 7) is 9.96. The van der Waals surface area contributed by atoms with E-state index in [1.54, 1.807) is 6.07 Å². The van der Waals surface area contributed by atoms with Gasteiger partial charge in [0.1, 0.15) is 0 Å². The van der Waals surface area contributed by atoms with Gasteiger partial charge in [-0.1, -0.05) is 61.5 Å². The lowest BCUT2D eigenvalue weighted by Crippen LogP contribution is -2.33. The monoisotopic (exact) mass is 465 g/mol. The number of carbonyl (C=O) groups excluding carboxylic acids is 2. The summed E-state index contributed by atoms with van der Waals surface area (Å²) in [5.41, 5.74) is 4.54. The number of aromatic nitrogens is 3. The zero-order chi connectivity index (χ0) is 24.1. The minimum Gasteiger partial charge on any atom is -0.342 e. The number of hydrogen-bond donors (Lipinski definition) is 2. The Labute approximate surface area is 199 Å². The molecule has 0 spiro atoms. The summed E-state index contributed by atoms with van der Waals surface area (Å²) >= 11 is 1.32. The standard InChI is InChI=1S/C25H31N5O2S/c1-15(2)21(27-24(32)19-12-7-9-16(3)13-19)23-28-29-25(30(23)6)33-14-20(31)26-22-17(4)10-8-11-18(22)5/h7-13,15,21H,14H2,1-6H3,(H,26,31)(H,27,32)/t21-/m1/s1. The number of amides is 2. The molecule has 33 heavy (non-hydrogen) atoms. The molecule has 2 aromatic carbocycles. The zero-order valence-electron chi connectivity index (χ0n) is 20.0. The van der Waals surface area contributed by atoms with Crippen LogP contribution in [0.1, 0.15) is 52.8 Å². The number of hydrogen-bond acceptors (Lipinski definition) is 5. The van der Waals surface area contributed by atoms with Crippen molar-refractivity contribution in [1.29, 1.82) is 0 Å². The summed E-state index contributed by atoms with van der Waals surface area (Å²) in [7, 11) is 1.86. The zero-order valence-corrected chi connectivity index (χ0v) is 20.8. The molecule has 0 aliphatic rings. The molecule has 0 fully saturated rings. The summed E-state index contributed by atoms with van der Waals surface area (Å²) in [5.74, 6) is 0.718. The summed E-state index contributed by atoms with van der Waals surface area (Å²) in [4.78, 5) is 25.4. The minimum absolute atomic E-state index is 0.102. The van der Waals surface area contributed by atoms with Gasteiger partial charge < -0.3 is 15.2 Å². The molecule has 0 aliphatic carbocycles. The molecule has 0 bridgehead atoms. The number of carbonyl (C=O) groups is 2. The summed E-state index contributed by atoms with van der Waals surface area (Å²) in [6.07, 6.45) is 0. The van der Waals surface area contributed by atoms with E-state index in [-0.39, 0.29) is 29.5 Å². The van der Waals surface area contributed by atoms with Crippen molar-refractivity contribution in [2.75, 3.05) is 11.1 Å². The molecule has 2 amide bonds. The highest BCUT2D eigenvalue weighted by Crippen LogP contribution is 2.25. The number of para-hydroxylation sites is 1. The van der Waals surface area contributed by atoms with E-state index < -0.39 is 0 Å². The fourth-order valence-corrected chi connectivity index (χ4v) is 4.30. The van der Waals surface area contributed by atoms with Crippen LogP contribution in [-0.4, -0.2) is 32.3 Å². The maximum atomic E-state index is 12.8. The molecule has 0 aliphatic heterocycles. The van der Waals surface area contributed by atoms with Gasteiger partial charge in [0, 0.05) is 18.3 Å². The van der Waals surface area contributed by atoms with Crippen molar-refractivity contribution in [2.24, 2.45) is 13.0 Å². The molecule has 174 valence electrons. The van der Waals surface area contributed by atoms with Crippen molar-refractivity contribution in [1.82, 2.24) is 20.1 Å². The van der Waals surface area contributed by atoms with Crippen LogP contribution in [0.25, 0.3) is 0 Å². The van der Waals surface area contributed by atoms with Crippen molar-refractivity contribution < 1.29 is 9.59 Å². The Morgan fingerprint density at radius 1 is 1.03 bits per heavy atom. The van der Waals surface area contributed by atoms with Crippen LogP contribution in [0.3, 0.4) is 0 Å². The van der Waals surface area contributed by atoms with E-state index in [4.69, 9.17) is 0 Å². The van der Waals surface area contributed by atoms with Crippen LogP contribution in [0.2, 0.25) is 0 Å². The van der Waals surface area contributed by atoms with Crippen LogP contribution >= 0.6 is 11.8 Å². The summed E-state index contributed by atoms with van der Waals surface area (Å²) < 4.78 is 1.85. The maximum absolute atomic E-state index is 12.8. The van der Waals surface area contributed by atoms with E-state index in [2.05, 4.69) is 20.8 Å². The Hall–Kier alpha value is -3.13. The molecule has 1 aromatic heterocycles. The lowest BCUT2D eigenvalue weighted by molar-refractivity contribution is -0.113. The molecule has 1 atom stereocenters. The number of aryl methyl sites for hydroxylation is 3. The molecule has 3 rings (SSSR count). The predicted octanol–water partition coefficient (Wildman–Crippen LogP) is 4.60. The number of benzene rings is 2. The highest BCUT2D eigenvalue weighted by molar-refractivity contribution is 7.99. The summed E-state index contributed by atoms with van der Waals surface area (Å²) in [6, 6.07) is 13.1. The van der Waals surface area contributed by atoms with Gasteiger partial charge in [0.05, 0.1) is 11.8 Å². The first-order chi connectivity index (χ1) is 15.7. The Morgan fingerprint density at radius 3 is 2.33 bits per heavy atom. The van der Waals surface area contributed by atoms with Crippen LogP contribution in [0.4, 0.5) is 5.69 Å². The third kappa shape index (κ3) is 6.01. The van der Waals surface area contributed by atoms with Gasteiger partial charge in [-0.15, -0.1) is 10.2 Å². The highest BCUT2D eigenvalue weighted by Gasteiger charge is 2.25. The third-order valence-corrected chi connectivity index (χ3v) is 6.48. The molecule has 1 heterocycles. The van der Waals surface area contributed by atoms with Gasteiger partial charge in [-0.2, -0.15) is 0 Å². The minimum atomic E-state index is -0.312. The van der Waals surface area contributed by atoms with Crippen LogP contribution in [0.15, 0.2) is 47.6 Å². The SMILES string of the molecule is Cc1cccc(C(=O)N[C@@H](c2nnc(SCC(=O)Nc3c(C)cccc3C)n2C)C(C)C)c1. The Balaban J connectivity index is 1.68. The van der Waals surface area contributed by atoms with Crippen molar-refractivity contribution in [3.63, 3.8) is 0 Å². The quantitative estimate of drug-likeness (QED) is 0.475. The van der Waals surface area contributed by atoms with E-state index in [0.717, 1.165) is 22.4 Å². The van der Waals surface area contributed by atoms with Gasteiger partial charge in [0.15, 0.2) is 11.0 Å². The van der Waals surface area contributed by atoms with E-state index in [1.807, 2.05) is 82.6 Å². The van der Waals surface area contributed by atoms with Gasteiger partial charge in [0.2, 0.25) is 5.91 Å². The van der Waals surface area contributed by atoms with E-state index in [9.17, 15) is 9.59 Å². The van der Waals surface area contributed by atoms with Crippen molar-refractivity contribution >= 4 is 29.3 Å².